The Hall–Kier alpha value is -0.830. The summed E-state index contributed by atoms with van der Waals surface area (Å²) in [7, 11) is 0. The Morgan fingerprint density at radius 3 is 2.79 bits per heavy atom. The van der Waals surface area contributed by atoms with Crippen LogP contribution in [0.4, 0.5) is 0 Å². The second-order valence-corrected chi connectivity index (χ2v) is 3.41. The quantitative estimate of drug-likeness (QED) is 0.731. The monoisotopic (exact) mass is 210 g/mol. The van der Waals surface area contributed by atoms with E-state index in [0.29, 0.717) is 6.54 Å². The van der Waals surface area contributed by atoms with Crippen molar-refractivity contribution in [3.8, 4) is 0 Å². The molecule has 0 fully saturated rings. The van der Waals surface area contributed by atoms with Gasteiger partial charge in [-0.1, -0.05) is 35.9 Å². The van der Waals surface area contributed by atoms with Crippen molar-refractivity contribution in [1.82, 2.24) is 5.32 Å². The topological polar surface area (TPSA) is 38.0 Å². The van der Waals surface area contributed by atoms with E-state index >= 15 is 0 Å². The minimum atomic E-state index is 0.0988. The lowest BCUT2D eigenvalue weighted by Gasteiger charge is -2.17. The molecule has 0 saturated carbocycles. The van der Waals surface area contributed by atoms with Crippen molar-refractivity contribution in [3.05, 3.63) is 47.5 Å². The average molecular weight is 211 g/mol. The number of halogens is 1. The smallest absolute Gasteiger partial charge is 0.0461 e. The van der Waals surface area contributed by atoms with Gasteiger partial charge >= 0.3 is 0 Å². The summed E-state index contributed by atoms with van der Waals surface area (Å²) in [5.74, 6) is 0. The minimum Gasteiger partial charge on any atom is -0.329 e. The second kappa shape index (κ2) is 5.81. The molecule has 3 heteroatoms. The number of hydrogen-bond donors (Lipinski definition) is 2. The molecule has 0 saturated heterocycles. The van der Waals surface area contributed by atoms with E-state index in [-0.39, 0.29) is 6.04 Å². The van der Waals surface area contributed by atoms with Crippen LogP contribution in [0.3, 0.4) is 0 Å². The summed E-state index contributed by atoms with van der Waals surface area (Å²) in [6, 6.07) is 7.82. The van der Waals surface area contributed by atoms with E-state index < -0.39 is 0 Å². The van der Waals surface area contributed by atoms with Gasteiger partial charge in [-0.3, -0.25) is 0 Å². The van der Waals surface area contributed by atoms with E-state index in [2.05, 4.69) is 11.9 Å². The molecule has 0 aliphatic heterocycles. The fourth-order valence-corrected chi connectivity index (χ4v) is 1.57. The Kier molecular flexibility index (Phi) is 4.66. The summed E-state index contributed by atoms with van der Waals surface area (Å²) >= 11 is 6.06. The molecular formula is C11H15ClN2. The summed E-state index contributed by atoms with van der Waals surface area (Å²) in [4.78, 5) is 0. The van der Waals surface area contributed by atoms with Gasteiger partial charge in [-0.2, -0.15) is 0 Å². The largest absolute Gasteiger partial charge is 0.329 e. The zero-order chi connectivity index (χ0) is 10.4. The zero-order valence-electron chi connectivity index (χ0n) is 8.04. The number of nitrogens with two attached hydrogens (primary N) is 1. The highest BCUT2D eigenvalue weighted by Gasteiger charge is 2.10. The van der Waals surface area contributed by atoms with E-state index in [4.69, 9.17) is 17.3 Å². The lowest BCUT2D eigenvalue weighted by molar-refractivity contribution is 0.578. The third-order valence-corrected chi connectivity index (χ3v) is 2.37. The first-order valence-corrected chi connectivity index (χ1v) is 4.96. The molecule has 0 aromatic heterocycles. The molecular weight excluding hydrogens is 196 g/mol. The standard InChI is InChI=1S/C11H15ClN2/c1-2-7-14-11(8-13)9-5-3-4-6-10(9)12/h2-6,11,14H,1,7-8,13H2. The number of hydrogen-bond acceptors (Lipinski definition) is 2. The maximum Gasteiger partial charge on any atom is 0.0461 e. The van der Waals surface area contributed by atoms with Crippen molar-refractivity contribution < 1.29 is 0 Å². The van der Waals surface area contributed by atoms with Crippen molar-refractivity contribution in [2.75, 3.05) is 13.1 Å². The van der Waals surface area contributed by atoms with Crippen LogP contribution in [-0.2, 0) is 0 Å². The van der Waals surface area contributed by atoms with E-state index in [1.165, 1.54) is 0 Å². The van der Waals surface area contributed by atoms with Gasteiger partial charge in [-0.05, 0) is 11.6 Å². The third-order valence-electron chi connectivity index (χ3n) is 2.02. The lowest BCUT2D eigenvalue weighted by Crippen LogP contribution is -2.28. The Morgan fingerprint density at radius 2 is 2.21 bits per heavy atom. The molecule has 14 heavy (non-hydrogen) atoms. The highest BCUT2D eigenvalue weighted by atomic mass is 35.5. The van der Waals surface area contributed by atoms with Crippen LogP contribution < -0.4 is 11.1 Å². The molecule has 0 radical (unpaired) electrons. The van der Waals surface area contributed by atoms with Crippen LogP contribution in [0.25, 0.3) is 0 Å². The molecule has 0 aliphatic rings. The van der Waals surface area contributed by atoms with Gasteiger partial charge in [-0.25, -0.2) is 0 Å². The molecule has 0 amide bonds. The zero-order valence-corrected chi connectivity index (χ0v) is 8.80. The van der Waals surface area contributed by atoms with Crippen LogP contribution >= 0.6 is 11.6 Å². The predicted octanol–water partition coefficient (Wildman–Crippen LogP) is 2.12. The first-order chi connectivity index (χ1) is 6.79. The molecule has 0 bridgehead atoms. The van der Waals surface area contributed by atoms with E-state index in [9.17, 15) is 0 Å². The Bertz CT molecular complexity index is 299. The van der Waals surface area contributed by atoms with Gasteiger partial charge in [0.05, 0.1) is 0 Å². The van der Waals surface area contributed by atoms with Gasteiger partial charge in [0.25, 0.3) is 0 Å². The molecule has 1 aromatic rings. The number of nitrogens with one attached hydrogen (secondary N) is 1. The van der Waals surface area contributed by atoms with Crippen molar-refractivity contribution in [1.29, 1.82) is 0 Å². The van der Waals surface area contributed by atoms with Gasteiger partial charge in [0, 0.05) is 24.2 Å². The summed E-state index contributed by atoms with van der Waals surface area (Å²) in [5.41, 5.74) is 6.70. The van der Waals surface area contributed by atoms with Crippen molar-refractivity contribution >= 4 is 11.6 Å². The van der Waals surface area contributed by atoms with Gasteiger partial charge in [0.2, 0.25) is 0 Å². The Balaban J connectivity index is 2.78. The Labute approximate surface area is 89.8 Å². The van der Waals surface area contributed by atoms with Crippen LogP contribution in [0, 0.1) is 0 Å². The third kappa shape index (κ3) is 2.84. The molecule has 1 unspecified atom stereocenters. The second-order valence-electron chi connectivity index (χ2n) is 3.01. The maximum absolute atomic E-state index is 6.06. The Morgan fingerprint density at radius 1 is 1.50 bits per heavy atom. The normalized spacial score (nSPS) is 12.4. The highest BCUT2D eigenvalue weighted by Crippen LogP contribution is 2.21. The van der Waals surface area contributed by atoms with Crippen LogP contribution in [0.15, 0.2) is 36.9 Å². The van der Waals surface area contributed by atoms with E-state index in [1.807, 2.05) is 24.3 Å². The lowest BCUT2D eigenvalue weighted by atomic mass is 10.1. The first-order valence-electron chi connectivity index (χ1n) is 4.58. The molecule has 76 valence electrons. The molecule has 1 rings (SSSR count). The van der Waals surface area contributed by atoms with Gasteiger partial charge in [-0.15, -0.1) is 6.58 Å². The summed E-state index contributed by atoms with van der Waals surface area (Å²) in [5, 5.41) is 4.00. The maximum atomic E-state index is 6.06. The van der Waals surface area contributed by atoms with Crippen LogP contribution in [0.2, 0.25) is 5.02 Å². The summed E-state index contributed by atoms with van der Waals surface area (Å²) < 4.78 is 0. The molecule has 0 heterocycles. The van der Waals surface area contributed by atoms with Crippen molar-refractivity contribution in [3.63, 3.8) is 0 Å². The molecule has 0 aliphatic carbocycles. The van der Waals surface area contributed by atoms with E-state index in [0.717, 1.165) is 17.1 Å². The summed E-state index contributed by atoms with van der Waals surface area (Å²) in [6.45, 7) is 4.90. The van der Waals surface area contributed by atoms with Crippen LogP contribution in [-0.4, -0.2) is 13.1 Å². The highest BCUT2D eigenvalue weighted by molar-refractivity contribution is 6.31. The fourth-order valence-electron chi connectivity index (χ4n) is 1.30. The molecule has 1 atom stereocenters. The van der Waals surface area contributed by atoms with E-state index in [1.54, 1.807) is 6.08 Å². The van der Waals surface area contributed by atoms with Gasteiger partial charge in [0.1, 0.15) is 0 Å². The molecule has 1 aromatic carbocycles. The van der Waals surface area contributed by atoms with Gasteiger partial charge < -0.3 is 11.1 Å². The summed E-state index contributed by atoms with van der Waals surface area (Å²) in [6.07, 6.45) is 1.81. The average Bonchev–Trinajstić information content (AvgIpc) is 2.21. The molecule has 3 N–H and O–H groups in total. The minimum absolute atomic E-state index is 0.0988. The van der Waals surface area contributed by atoms with Crippen LogP contribution in [0.5, 0.6) is 0 Å². The van der Waals surface area contributed by atoms with Gasteiger partial charge in [0.15, 0.2) is 0 Å². The first kappa shape index (κ1) is 11.2. The van der Waals surface area contributed by atoms with Crippen molar-refractivity contribution in [2.45, 2.75) is 6.04 Å². The number of rotatable bonds is 5. The molecule has 0 spiro atoms. The fraction of sp³-hybridized carbons (Fsp3) is 0.273. The SMILES string of the molecule is C=CCNC(CN)c1ccccc1Cl. The predicted molar refractivity (Wildman–Crippen MR) is 61.4 cm³/mol. The van der Waals surface area contributed by atoms with Crippen molar-refractivity contribution in [2.24, 2.45) is 5.73 Å². The molecule has 2 nitrogen and oxygen atoms in total. The van der Waals surface area contributed by atoms with Crippen LogP contribution in [0.1, 0.15) is 11.6 Å². The number of benzene rings is 1.